The number of rotatable bonds is 10. The second kappa shape index (κ2) is 9.91. The van der Waals surface area contributed by atoms with Gasteiger partial charge in [-0.15, -0.1) is 0 Å². The molecule has 1 aliphatic rings. The molecule has 2 aromatic carbocycles. The van der Waals surface area contributed by atoms with Gasteiger partial charge in [0.2, 0.25) is 5.91 Å². The fourth-order valence-corrected chi connectivity index (χ4v) is 4.26. The van der Waals surface area contributed by atoms with Gasteiger partial charge in [-0.2, -0.15) is 0 Å². The Kier molecular flexibility index (Phi) is 6.81. The fraction of sp³-hybridized carbons (Fsp3) is 0.304. The van der Waals surface area contributed by atoms with Crippen molar-refractivity contribution in [3.05, 3.63) is 59.8 Å². The van der Waals surface area contributed by atoms with Crippen molar-refractivity contribution in [1.29, 1.82) is 0 Å². The lowest BCUT2D eigenvalue weighted by molar-refractivity contribution is -0.115. The molecule has 0 saturated heterocycles. The molecule has 1 atom stereocenters. The maximum absolute atomic E-state index is 11.5. The van der Waals surface area contributed by atoms with Crippen LogP contribution in [0.2, 0.25) is 0 Å². The number of benzene rings is 2. The molecule has 2 heterocycles. The van der Waals surface area contributed by atoms with Gasteiger partial charge in [0, 0.05) is 37.5 Å². The standard InChI is InChI=1S/C23H26N4O3S/c24-18(10-15-2-5-19(6-3-15)30-9-1-8-28)13-25-23-26-14-21(31-23)16-4-7-20-17(11-16)12-22(29)27-20/h2-7,11,14,18,28H,1,8-10,12-13,24H2,(H,25,26)(H,27,29). The zero-order chi connectivity index (χ0) is 21.6. The van der Waals surface area contributed by atoms with Gasteiger partial charge in [0.1, 0.15) is 5.75 Å². The van der Waals surface area contributed by atoms with Crippen molar-refractivity contribution in [1.82, 2.24) is 4.98 Å². The lowest BCUT2D eigenvalue weighted by atomic mass is 10.1. The fourth-order valence-electron chi connectivity index (χ4n) is 3.44. The summed E-state index contributed by atoms with van der Waals surface area (Å²) in [6.45, 7) is 1.26. The minimum absolute atomic E-state index is 0.0386. The molecule has 4 rings (SSSR count). The first kappa shape index (κ1) is 21.3. The maximum atomic E-state index is 11.5. The van der Waals surface area contributed by atoms with Crippen molar-refractivity contribution < 1.29 is 14.6 Å². The minimum Gasteiger partial charge on any atom is -0.494 e. The predicted molar refractivity (Wildman–Crippen MR) is 124 cm³/mol. The summed E-state index contributed by atoms with van der Waals surface area (Å²) < 4.78 is 5.55. The number of fused-ring (bicyclic) bond motifs is 1. The number of aliphatic hydroxyl groups excluding tert-OH is 1. The van der Waals surface area contributed by atoms with Gasteiger partial charge in [0.05, 0.1) is 17.9 Å². The third kappa shape index (κ3) is 5.61. The van der Waals surface area contributed by atoms with Crippen LogP contribution < -0.4 is 21.1 Å². The first-order chi connectivity index (χ1) is 15.1. The number of anilines is 2. The van der Waals surface area contributed by atoms with Crippen LogP contribution in [0.3, 0.4) is 0 Å². The number of amides is 1. The largest absolute Gasteiger partial charge is 0.494 e. The van der Waals surface area contributed by atoms with Gasteiger partial charge in [0.15, 0.2) is 5.13 Å². The quantitative estimate of drug-likeness (QED) is 0.362. The van der Waals surface area contributed by atoms with Crippen LogP contribution in [0.25, 0.3) is 10.4 Å². The molecule has 0 spiro atoms. The van der Waals surface area contributed by atoms with E-state index in [1.54, 1.807) is 11.3 Å². The Labute approximate surface area is 185 Å². The van der Waals surface area contributed by atoms with E-state index in [4.69, 9.17) is 15.6 Å². The van der Waals surface area contributed by atoms with E-state index >= 15 is 0 Å². The molecule has 0 bridgehead atoms. The first-order valence-electron chi connectivity index (χ1n) is 10.3. The molecule has 7 nitrogen and oxygen atoms in total. The van der Waals surface area contributed by atoms with Gasteiger partial charge in [0.25, 0.3) is 0 Å². The highest BCUT2D eigenvalue weighted by Gasteiger charge is 2.18. The number of hydrogen-bond acceptors (Lipinski definition) is 7. The average molecular weight is 439 g/mol. The van der Waals surface area contributed by atoms with Crippen LogP contribution in [0.1, 0.15) is 17.5 Å². The van der Waals surface area contributed by atoms with Crippen molar-refractivity contribution >= 4 is 28.1 Å². The van der Waals surface area contributed by atoms with Crippen molar-refractivity contribution in [2.45, 2.75) is 25.3 Å². The summed E-state index contributed by atoms with van der Waals surface area (Å²) >= 11 is 1.57. The number of nitrogens with one attached hydrogen (secondary N) is 2. The monoisotopic (exact) mass is 438 g/mol. The summed E-state index contributed by atoms with van der Waals surface area (Å²) in [5.74, 6) is 0.836. The van der Waals surface area contributed by atoms with Gasteiger partial charge in [-0.3, -0.25) is 4.79 Å². The van der Waals surface area contributed by atoms with E-state index in [0.717, 1.165) is 44.6 Å². The SMILES string of the molecule is NC(CNc1ncc(-c2ccc3c(c2)CC(=O)N3)s1)Cc1ccc(OCCCO)cc1. The highest BCUT2D eigenvalue weighted by Crippen LogP contribution is 2.33. The summed E-state index contributed by atoms with van der Waals surface area (Å²) in [4.78, 5) is 17.1. The summed E-state index contributed by atoms with van der Waals surface area (Å²) in [6, 6.07) is 13.8. The minimum atomic E-state index is -0.0504. The molecule has 3 aromatic rings. The van der Waals surface area contributed by atoms with Gasteiger partial charge < -0.3 is 26.2 Å². The Bertz CT molecular complexity index is 1040. The van der Waals surface area contributed by atoms with Crippen LogP contribution in [0, 0.1) is 0 Å². The average Bonchev–Trinajstić information content (AvgIpc) is 3.39. The Hall–Kier alpha value is -2.94. The van der Waals surface area contributed by atoms with Crippen molar-refractivity contribution in [2.24, 2.45) is 5.73 Å². The molecule has 1 aromatic heterocycles. The van der Waals surface area contributed by atoms with Crippen LogP contribution in [0.5, 0.6) is 5.75 Å². The number of thiazole rings is 1. The van der Waals surface area contributed by atoms with Gasteiger partial charge in [-0.25, -0.2) is 4.98 Å². The second-order valence-electron chi connectivity index (χ2n) is 7.54. The van der Waals surface area contributed by atoms with Crippen LogP contribution in [-0.4, -0.2) is 41.8 Å². The second-order valence-corrected chi connectivity index (χ2v) is 8.57. The van der Waals surface area contributed by atoms with Crippen molar-refractivity contribution in [3.63, 3.8) is 0 Å². The molecular weight excluding hydrogens is 412 g/mol. The normalized spacial score (nSPS) is 13.5. The number of hydrogen-bond donors (Lipinski definition) is 4. The van der Waals surface area contributed by atoms with E-state index in [9.17, 15) is 4.79 Å². The van der Waals surface area contributed by atoms with Crippen LogP contribution in [0.4, 0.5) is 10.8 Å². The van der Waals surface area contributed by atoms with Gasteiger partial charge >= 0.3 is 0 Å². The van der Waals surface area contributed by atoms with E-state index in [-0.39, 0.29) is 18.6 Å². The Morgan fingerprint density at radius 3 is 2.90 bits per heavy atom. The number of aliphatic hydroxyl groups is 1. The molecule has 0 aliphatic carbocycles. The molecule has 162 valence electrons. The molecule has 8 heteroatoms. The van der Waals surface area contributed by atoms with E-state index in [2.05, 4.69) is 15.6 Å². The molecule has 5 N–H and O–H groups in total. The van der Waals surface area contributed by atoms with Crippen LogP contribution in [-0.2, 0) is 17.6 Å². The Morgan fingerprint density at radius 2 is 2.10 bits per heavy atom. The van der Waals surface area contributed by atoms with E-state index in [0.29, 0.717) is 26.0 Å². The Morgan fingerprint density at radius 1 is 1.26 bits per heavy atom. The van der Waals surface area contributed by atoms with E-state index < -0.39 is 0 Å². The third-order valence-corrected chi connectivity index (χ3v) is 6.03. The van der Waals surface area contributed by atoms with Crippen LogP contribution in [0.15, 0.2) is 48.7 Å². The van der Waals surface area contributed by atoms with Gasteiger partial charge in [-0.05, 0) is 47.4 Å². The molecule has 1 unspecified atom stereocenters. The topological polar surface area (TPSA) is 110 Å². The summed E-state index contributed by atoms with van der Waals surface area (Å²) in [5.41, 5.74) is 10.4. The number of carbonyl (C=O) groups is 1. The molecule has 0 fully saturated rings. The first-order valence-corrected chi connectivity index (χ1v) is 11.1. The van der Waals surface area contributed by atoms with Crippen molar-refractivity contribution in [3.8, 4) is 16.2 Å². The molecule has 1 aliphatic heterocycles. The summed E-state index contributed by atoms with van der Waals surface area (Å²) in [5, 5.41) is 15.8. The number of nitrogens with two attached hydrogens (primary N) is 1. The molecule has 0 saturated carbocycles. The Balaban J connectivity index is 1.28. The lowest BCUT2D eigenvalue weighted by Gasteiger charge is -2.13. The molecule has 0 radical (unpaired) electrons. The number of nitrogens with zero attached hydrogens (tertiary/aromatic N) is 1. The van der Waals surface area contributed by atoms with Crippen molar-refractivity contribution in [2.75, 3.05) is 30.4 Å². The number of aromatic nitrogens is 1. The van der Waals surface area contributed by atoms with Gasteiger partial charge in [-0.1, -0.05) is 29.5 Å². The highest BCUT2D eigenvalue weighted by atomic mass is 32.1. The summed E-state index contributed by atoms with van der Waals surface area (Å²) in [6.07, 6.45) is 3.64. The number of carbonyl (C=O) groups excluding carboxylic acids is 1. The highest BCUT2D eigenvalue weighted by molar-refractivity contribution is 7.18. The lowest BCUT2D eigenvalue weighted by Crippen LogP contribution is -2.31. The molecule has 1 amide bonds. The maximum Gasteiger partial charge on any atom is 0.228 e. The molecular formula is C23H26N4O3S. The number of ether oxygens (including phenoxy) is 1. The van der Waals surface area contributed by atoms with E-state index in [1.165, 1.54) is 0 Å². The smallest absolute Gasteiger partial charge is 0.228 e. The van der Waals surface area contributed by atoms with Crippen LogP contribution >= 0.6 is 11.3 Å². The zero-order valence-corrected chi connectivity index (χ0v) is 18.0. The van der Waals surface area contributed by atoms with E-state index in [1.807, 2.05) is 48.7 Å². The molecule has 31 heavy (non-hydrogen) atoms. The third-order valence-electron chi connectivity index (χ3n) is 5.03. The zero-order valence-electron chi connectivity index (χ0n) is 17.1. The predicted octanol–water partition coefficient (Wildman–Crippen LogP) is 3.05. The summed E-state index contributed by atoms with van der Waals surface area (Å²) in [7, 11) is 0.